The number of ether oxygens (including phenoxy) is 1. The Morgan fingerprint density at radius 1 is 1.19 bits per heavy atom. The van der Waals surface area contributed by atoms with Crippen LogP contribution in [0.15, 0.2) is 36.7 Å². The third-order valence-electron chi connectivity index (χ3n) is 4.83. The molecule has 0 spiro atoms. The first-order valence-corrected chi connectivity index (χ1v) is 8.97. The Labute approximate surface area is 154 Å². The molecule has 0 aliphatic carbocycles. The second-order valence-electron chi connectivity index (χ2n) is 7.10. The Morgan fingerprint density at radius 2 is 1.88 bits per heavy atom. The molecule has 1 fully saturated rings. The van der Waals surface area contributed by atoms with Crippen LogP contribution < -0.4 is 9.64 Å². The van der Waals surface area contributed by atoms with Gasteiger partial charge in [0.2, 0.25) is 0 Å². The average Bonchev–Trinajstić information content (AvgIpc) is 2.66. The number of hydrogen-bond donors (Lipinski definition) is 0. The van der Waals surface area contributed by atoms with Crippen LogP contribution in [0, 0.1) is 0 Å². The number of piperazine rings is 1. The summed E-state index contributed by atoms with van der Waals surface area (Å²) < 4.78 is 5.52. The van der Waals surface area contributed by atoms with Crippen molar-refractivity contribution in [1.82, 2.24) is 14.9 Å². The maximum absolute atomic E-state index is 12.9. The molecule has 2 aromatic rings. The Balaban J connectivity index is 1.78. The highest BCUT2D eigenvalue weighted by molar-refractivity contribution is 5.94. The summed E-state index contributed by atoms with van der Waals surface area (Å²) in [5.74, 6) is 1.59. The van der Waals surface area contributed by atoms with Crippen molar-refractivity contribution in [1.29, 1.82) is 0 Å². The van der Waals surface area contributed by atoms with Crippen LogP contribution in [0.2, 0.25) is 0 Å². The molecule has 6 nitrogen and oxygen atoms in total. The molecule has 1 aromatic heterocycles. The predicted octanol–water partition coefficient (Wildman–Crippen LogP) is 2.79. The van der Waals surface area contributed by atoms with Gasteiger partial charge in [0.15, 0.2) is 0 Å². The molecule has 2 heterocycles. The molecule has 0 saturated carbocycles. The molecule has 1 aromatic carbocycles. The highest BCUT2D eigenvalue weighted by Gasteiger charge is 2.37. The van der Waals surface area contributed by atoms with Crippen molar-refractivity contribution in [3.63, 3.8) is 0 Å². The van der Waals surface area contributed by atoms with Gasteiger partial charge >= 0.3 is 0 Å². The smallest absolute Gasteiger partial charge is 0.257 e. The third kappa shape index (κ3) is 3.49. The summed E-state index contributed by atoms with van der Waals surface area (Å²) in [6.07, 6.45) is 4.03. The lowest BCUT2D eigenvalue weighted by atomic mass is 9.97. The zero-order valence-electron chi connectivity index (χ0n) is 15.9. The first-order valence-electron chi connectivity index (χ1n) is 8.97. The van der Waals surface area contributed by atoms with Crippen LogP contribution in [-0.2, 0) is 6.42 Å². The lowest BCUT2D eigenvalue weighted by molar-refractivity contribution is 0.0685. The van der Waals surface area contributed by atoms with E-state index in [-0.39, 0.29) is 11.4 Å². The normalized spacial score (nSPS) is 16.5. The van der Waals surface area contributed by atoms with Crippen LogP contribution in [0.4, 0.5) is 5.69 Å². The van der Waals surface area contributed by atoms with Gasteiger partial charge in [-0.1, -0.05) is 19.1 Å². The first kappa shape index (κ1) is 18.2. The van der Waals surface area contributed by atoms with Crippen molar-refractivity contribution in [3.05, 3.63) is 48.0 Å². The zero-order valence-corrected chi connectivity index (χ0v) is 15.9. The molecule has 6 heteroatoms. The van der Waals surface area contributed by atoms with E-state index >= 15 is 0 Å². The lowest BCUT2D eigenvalue weighted by Crippen LogP contribution is -2.60. The van der Waals surface area contributed by atoms with E-state index in [9.17, 15) is 4.79 Å². The Hall–Kier alpha value is -2.63. The van der Waals surface area contributed by atoms with Crippen molar-refractivity contribution in [2.24, 2.45) is 0 Å². The average molecular weight is 354 g/mol. The summed E-state index contributed by atoms with van der Waals surface area (Å²) in [5.41, 5.74) is 1.39. The molecule has 0 unspecified atom stereocenters. The topological polar surface area (TPSA) is 58.6 Å². The summed E-state index contributed by atoms with van der Waals surface area (Å²) in [6.45, 7) is 8.31. The molecule has 0 radical (unpaired) electrons. The van der Waals surface area contributed by atoms with Crippen LogP contribution in [0.3, 0.4) is 0 Å². The maximum atomic E-state index is 12.9. The summed E-state index contributed by atoms with van der Waals surface area (Å²) in [7, 11) is 1.69. The second-order valence-corrected chi connectivity index (χ2v) is 7.10. The fourth-order valence-electron chi connectivity index (χ4n) is 3.46. The van der Waals surface area contributed by atoms with Crippen molar-refractivity contribution in [3.8, 4) is 5.75 Å². The minimum Gasteiger partial charge on any atom is -0.495 e. The van der Waals surface area contributed by atoms with Gasteiger partial charge in [0.25, 0.3) is 5.91 Å². The molecule has 3 rings (SSSR count). The minimum atomic E-state index is -0.216. The molecular weight excluding hydrogens is 328 g/mol. The highest BCUT2D eigenvalue weighted by atomic mass is 16.5. The van der Waals surface area contributed by atoms with E-state index in [1.807, 2.05) is 30.0 Å². The quantitative estimate of drug-likeness (QED) is 0.845. The second kappa shape index (κ2) is 7.32. The standard InChI is InChI=1S/C20H26N4O2/c1-5-18-21-12-15(13-22-18)19(25)23-10-11-24(20(2,3)14-23)16-8-6-7-9-17(16)26-4/h6-9,12-13H,5,10-11,14H2,1-4H3. The molecule has 1 amide bonds. The monoisotopic (exact) mass is 354 g/mol. The first-order chi connectivity index (χ1) is 12.5. The summed E-state index contributed by atoms with van der Waals surface area (Å²) in [4.78, 5) is 25.6. The molecule has 0 bridgehead atoms. The van der Waals surface area contributed by atoms with Crippen LogP contribution in [-0.4, -0.2) is 53.1 Å². The zero-order chi connectivity index (χ0) is 18.7. The van der Waals surface area contributed by atoms with Crippen LogP contribution in [0.5, 0.6) is 5.75 Å². The molecule has 0 atom stereocenters. The van der Waals surface area contributed by atoms with E-state index in [0.717, 1.165) is 30.2 Å². The van der Waals surface area contributed by atoms with E-state index in [4.69, 9.17) is 4.74 Å². The Kier molecular flexibility index (Phi) is 5.11. The highest BCUT2D eigenvalue weighted by Crippen LogP contribution is 2.35. The molecule has 1 saturated heterocycles. The van der Waals surface area contributed by atoms with Crippen molar-refractivity contribution in [2.75, 3.05) is 31.6 Å². The number of amides is 1. The van der Waals surface area contributed by atoms with Gasteiger partial charge < -0.3 is 14.5 Å². The van der Waals surface area contributed by atoms with Crippen molar-refractivity contribution < 1.29 is 9.53 Å². The van der Waals surface area contributed by atoms with E-state index in [2.05, 4.69) is 34.8 Å². The lowest BCUT2D eigenvalue weighted by Gasteiger charge is -2.48. The summed E-state index contributed by atoms with van der Waals surface area (Å²) >= 11 is 0. The summed E-state index contributed by atoms with van der Waals surface area (Å²) in [6, 6.07) is 8.01. The largest absolute Gasteiger partial charge is 0.495 e. The number of nitrogens with zero attached hydrogens (tertiary/aromatic N) is 4. The fourth-order valence-corrected chi connectivity index (χ4v) is 3.46. The Morgan fingerprint density at radius 3 is 2.50 bits per heavy atom. The van der Waals surface area contributed by atoms with Crippen molar-refractivity contribution >= 4 is 11.6 Å². The minimum absolute atomic E-state index is 0.0135. The van der Waals surface area contributed by atoms with E-state index in [1.54, 1.807) is 19.5 Å². The number of carbonyl (C=O) groups excluding carboxylic acids is 1. The number of hydrogen-bond acceptors (Lipinski definition) is 5. The molecule has 26 heavy (non-hydrogen) atoms. The molecular formula is C20H26N4O2. The third-order valence-corrected chi connectivity index (χ3v) is 4.83. The van der Waals surface area contributed by atoms with Crippen LogP contribution >= 0.6 is 0 Å². The van der Waals surface area contributed by atoms with Gasteiger partial charge in [0.1, 0.15) is 11.6 Å². The van der Waals surface area contributed by atoms with E-state index < -0.39 is 0 Å². The maximum Gasteiger partial charge on any atom is 0.257 e. The van der Waals surface area contributed by atoms with E-state index in [1.165, 1.54) is 0 Å². The molecule has 1 aliphatic rings. The Bertz CT molecular complexity index is 774. The van der Waals surface area contributed by atoms with Gasteiger partial charge in [-0.15, -0.1) is 0 Å². The number of para-hydroxylation sites is 2. The number of benzene rings is 1. The number of methoxy groups -OCH3 is 1. The van der Waals surface area contributed by atoms with Gasteiger partial charge in [-0.3, -0.25) is 4.79 Å². The number of aromatic nitrogens is 2. The fraction of sp³-hybridized carbons (Fsp3) is 0.450. The molecule has 0 N–H and O–H groups in total. The van der Waals surface area contributed by atoms with Gasteiger partial charge in [-0.2, -0.15) is 0 Å². The van der Waals surface area contributed by atoms with Crippen LogP contribution in [0.1, 0.15) is 37.0 Å². The van der Waals surface area contributed by atoms with Gasteiger partial charge in [-0.05, 0) is 26.0 Å². The number of rotatable bonds is 4. The SMILES string of the molecule is CCc1ncc(C(=O)N2CCN(c3ccccc3OC)C(C)(C)C2)cn1. The number of carbonyl (C=O) groups is 1. The molecule has 1 aliphatic heterocycles. The van der Waals surface area contributed by atoms with Crippen LogP contribution in [0.25, 0.3) is 0 Å². The molecule has 138 valence electrons. The van der Waals surface area contributed by atoms with Crippen molar-refractivity contribution in [2.45, 2.75) is 32.7 Å². The van der Waals surface area contributed by atoms with Gasteiger partial charge in [0.05, 0.1) is 23.9 Å². The number of aryl methyl sites for hydroxylation is 1. The summed E-state index contributed by atoms with van der Waals surface area (Å²) in [5, 5.41) is 0. The number of anilines is 1. The van der Waals surface area contributed by atoms with Gasteiger partial charge in [0, 0.05) is 38.4 Å². The van der Waals surface area contributed by atoms with Gasteiger partial charge in [-0.25, -0.2) is 9.97 Å². The van der Waals surface area contributed by atoms with E-state index in [0.29, 0.717) is 18.7 Å². The predicted molar refractivity (Wildman–Crippen MR) is 102 cm³/mol.